The lowest BCUT2D eigenvalue weighted by atomic mass is 9.92. The van der Waals surface area contributed by atoms with Gasteiger partial charge < -0.3 is 14.0 Å². The minimum absolute atomic E-state index is 0.193. The summed E-state index contributed by atoms with van der Waals surface area (Å²) >= 11 is 6.54. The van der Waals surface area contributed by atoms with E-state index in [1.807, 2.05) is 66.9 Å². The molecule has 0 N–H and O–H groups in total. The number of hydrogen-bond donors (Lipinski definition) is 0. The predicted octanol–water partition coefficient (Wildman–Crippen LogP) is 7.27. The summed E-state index contributed by atoms with van der Waals surface area (Å²) in [5.74, 6) is 0.233. The Morgan fingerprint density at radius 1 is 1.16 bits per heavy atom. The first-order valence-corrected chi connectivity index (χ1v) is 13.2. The molecule has 8 heteroatoms. The maximum Gasteiger partial charge on any atom is 0.355 e. The van der Waals surface area contributed by atoms with Crippen LogP contribution in [0.25, 0.3) is 28.1 Å². The third kappa shape index (κ3) is 5.09. The van der Waals surface area contributed by atoms with E-state index in [1.54, 1.807) is 26.2 Å². The topological polar surface area (TPSA) is 81.3 Å². The summed E-state index contributed by atoms with van der Waals surface area (Å²) < 4.78 is 25.2. The second kappa shape index (κ2) is 11.6. The Bertz CT molecular complexity index is 1610. The normalized spacial score (nSPS) is 11.3. The van der Waals surface area contributed by atoms with Gasteiger partial charge in [0.05, 0.1) is 35.6 Å². The largest absolute Gasteiger partial charge is 0.497 e. The molecular weight excluding hydrogens is 519 g/mol. The molecule has 0 amide bonds. The summed E-state index contributed by atoms with van der Waals surface area (Å²) in [6, 6.07) is 17.1. The van der Waals surface area contributed by atoms with Gasteiger partial charge in [0.25, 0.3) is 0 Å². The van der Waals surface area contributed by atoms with E-state index >= 15 is 0 Å². The van der Waals surface area contributed by atoms with E-state index in [-0.39, 0.29) is 15.1 Å². The fourth-order valence-electron chi connectivity index (χ4n) is 4.69. The summed E-state index contributed by atoms with van der Waals surface area (Å²) in [6.45, 7) is 6.20. The lowest BCUT2D eigenvalue weighted by Crippen LogP contribution is -2.14. The first kappa shape index (κ1) is 27.1. The molecule has 38 heavy (non-hydrogen) atoms. The molecule has 4 rings (SSSR count). The van der Waals surface area contributed by atoms with Gasteiger partial charge in [0, 0.05) is 23.6 Å². The molecule has 0 bridgehead atoms. The smallest absolute Gasteiger partial charge is 0.355 e. The molecule has 1 aromatic heterocycles. The van der Waals surface area contributed by atoms with Crippen LogP contribution in [0.1, 0.15) is 39.7 Å². The van der Waals surface area contributed by atoms with E-state index in [9.17, 15) is 9.36 Å². The monoisotopic (exact) mass is 544 g/mol. The Morgan fingerprint density at radius 3 is 2.53 bits per heavy atom. The van der Waals surface area contributed by atoms with Crippen LogP contribution in [-0.4, -0.2) is 24.3 Å². The molecular formula is C30H26ClN2O4P. The van der Waals surface area contributed by atoms with Crippen LogP contribution < -0.4 is 10.0 Å². The Labute approximate surface area is 228 Å². The molecule has 0 saturated heterocycles. The SMILES string of the molecule is CCOC(=O)c1c(-c2cc(C)cc(/C=C/C#N)c2C)c2c(P=O)c(Cl)ccc2n1Cc1ccc(OC)cc1. The standard InChI is InChI=1S/C30H26ClN2O4P/c1-5-37-30(34)28-26(23-16-18(2)15-21(19(23)3)7-6-14-32)27-25(13-12-24(31)29(27)38-35)33(28)17-20-8-10-22(36-4)11-9-20/h6-13,15-16H,5,17H2,1-4H3/b7-6+. The summed E-state index contributed by atoms with van der Waals surface area (Å²) in [4.78, 5) is 13.6. The van der Waals surface area contributed by atoms with Gasteiger partial charge in [-0.2, -0.15) is 5.26 Å². The summed E-state index contributed by atoms with van der Waals surface area (Å²) in [5, 5.41) is 10.5. The lowest BCUT2D eigenvalue weighted by molar-refractivity contribution is 0.0516. The van der Waals surface area contributed by atoms with Gasteiger partial charge in [-0.15, -0.1) is 0 Å². The van der Waals surface area contributed by atoms with Crippen LogP contribution in [0.15, 0.2) is 54.6 Å². The number of carbonyl (C=O) groups is 1. The number of hydrogen-bond acceptors (Lipinski definition) is 5. The zero-order valence-electron chi connectivity index (χ0n) is 21.5. The molecule has 0 aliphatic rings. The van der Waals surface area contributed by atoms with Gasteiger partial charge in [0.1, 0.15) is 11.4 Å². The van der Waals surface area contributed by atoms with Crippen molar-refractivity contribution in [2.24, 2.45) is 0 Å². The highest BCUT2D eigenvalue weighted by Crippen LogP contribution is 2.40. The van der Waals surface area contributed by atoms with Crippen molar-refractivity contribution in [1.82, 2.24) is 4.57 Å². The maximum absolute atomic E-state index is 13.6. The minimum Gasteiger partial charge on any atom is -0.497 e. The van der Waals surface area contributed by atoms with Gasteiger partial charge in [-0.25, -0.2) is 4.79 Å². The second-order valence-corrected chi connectivity index (χ2v) is 9.79. The third-order valence-corrected chi connectivity index (χ3v) is 7.51. The van der Waals surface area contributed by atoms with Gasteiger partial charge in [0.15, 0.2) is 8.46 Å². The number of methoxy groups -OCH3 is 1. The molecule has 192 valence electrons. The number of carbonyl (C=O) groups excluding carboxylic acids is 1. The number of aromatic nitrogens is 1. The molecule has 0 atom stereocenters. The number of rotatable bonds is 8. The van der Waals surface area contributed by atoms with E-state index in [1.165, 1.54) is 6.08 Å². The fourth-order valence-corrected chi connectivity index (χ4v) is 5.43. The highest BCUT2D eigenvalue weighted by atomic mass is 35.5. The molecule has 0 aliphatic heterocycles. The molecule has 0 spiro atoms. The van der Waals surface area contributed by atoms with E-state index in [4.69, 9.17) is 26.3 Å². The van der Waals surface area contributed by atoms with Gasteiger partial charge in [-0.3, -0.25) is 4.57 Å². The van der Waals surface area contributed by atoms with Crippen LogP contribution in [0.2, 0.25) is 5.02 Å². The highest BCUT2D eigenvalue weighted by Gasteiger charge is 2.29. The molecule has 3 aromatic carbocycles. The molecule has 0 saturated carbocycles. The van der Waals surface area contributed by atoms with Crippen molar-refractivity contribution in [3.05, 3.63) is 87.6 Å². The number of fused-ring (bicyclic) bond motifs is 1. The van der Waals surface area contributed by atoms with E-state index in [0.717, 1.165) is 33.6 Å². The minimum atomic E-state index is -0.494. The number of nitriles is 1. The van der Waals surface area contributed by atoms with Gasteiger partial charge >= 0.3 is 5.97 Å². The predicted molar refractivity (Wildman–Crippen MR) is 152 cm³/mol. The van der Waals surface area contributed by atoms with Gasteiger partial charge in [0.2, 0.25) is 0 Å². The highest BCUT2D eigenvalue weighted by molar-refractivity contribution is 7.35. The summed E-state index contributed by atoms with van der Waals surface area (Å²) in [5.41, 5.74) is 6.01. The average molecular weight is 545 g/mol. The molecule has 1 heterocycles. The van der Waals surface area contributed by atoms with E-state index in [2.05, 4.69) is 0 Å². The lowest BCUT2D eigenvalue weighted by Gasteiger charge is -2.15. The first-order valence-electron chi connectivity index (χ1n) is 12.0. The first-order chi connectivity index (χ1) is 18.3. The quantitative estimate of drug-likeness (QED) is 0.132. The van der Waals surface area contributed by atoms with Crippen molar-refractivity contribution >= 4 is 48.3 Å². The molecule has 6 nitrogen and oxygen atoms in total. The Morgan fingerprint density at radius 2 is 1.89 bits per heavy atom. The zero-order chi connectivity index (χ0) is 27.4. The number of benzene rings is 3. The summed E-state index contributed by atoms with van der Waals surface area (Å²) in [6.07, 6.45) is 3.16. The van der Waals surface area contributed by atoms with Crippen molar-refractivity contribution in [3.8, 4) is 22.9 Å². The number of esters is 1. The molecule has 4 aromatic rings. The van der Waals surface area contributed by atoms with Gasteiger partial charge in [-0.1, -0.05) is 35.9 Å². The van der Waals surface area contributed by atoms with Crippen molar-refractivity contribution in [2.75, 3.05) is 13.7 Å². The van der Waals surface area contributed by atoms with Crippen LogP contribution in [-0.2, 0) is 15.8 Å². The Balaban J connectivity index is 2.14. The molecule has 0 unspecified atom stereocenters. The van der Waals surface area contributed by atoms with Crippen LogP contribution in [0, 0.1) is 25.2 Å². The van der Waals surface area contributed by atoms with E-state index in [0.29, 0.717) is 39.0 Å². The zero-order valence-corrected chi connectivity index (χ0v) is 23.2. The van der Waals surface area contributed by atoms with Crippen molar-refractivity contribution in [1.29, 1.82) is 5.26 Å². The third-order valence-electron chi connectivity index (χ3n) is 6.41. The van der Waals surface area contributed by atoms with Crippen LogP contribution in [0.5, 0.6) is 5.75 Å². The van der Waals surface area contributed by atoms with Gasteiger partial charge in [-0.05, 0) is 78.9 Å². The maximum atomic E-state index is 13.6. The number of allylic oxidation sites excluding steroid dienone is 1. The Hall–Kier alpha value is -3.91. The van der Waals surface area contributed by atoms with Crippen LogP contribution in [0.4, 0.5) is 0 Å². The number of halogens is 1. The number of ether oxygens (including phenoxy) is 2. The molecule has 0 fully saturated rings. The van der Waals surface area contributed by atoms with Crippen LogP contribution in [0.3, 0.4) is 0 Å². The van der Waals surface area contributed by atoms with Crippen molar-refractivity contribution < 1.29 is 18.8 Å². The second-order valence-electron chi connectivity index (χ2n) is 8.75. The number of nitrogens with zero attached hydrogens (tertiary/aromatic N) is 2. The van der Waals surface area contributed by atoms with Crippen molar-refractivity contribution in [3.63, 3.8) is 0 Å². The summed E-state index contributed by atoms with van der Waals surface area (Å²) in [7, 11) is 1.34. The van der Waals surface area contributed by atoms with Crippen LogP contribution >= 0.6 is 20.1 Å². The number of aryl methyl sites for hydroxylation is 1. The van der Waals surface area contributed by atoms with Crippen molar-refractivity contribution in [2.45, 2.75) is 27.3 Å². The Kier molecular flexibility index (Phi) is 8.32. The average Bonchev–Trinajstić information content (AvgIpc) is 3.23. The molecule has 0 radical (unpaired) electrons. The fraction of sp³-hybridized carbons (Fsp3) is 0.200. The van der Waals surface area contributed by atoms with E-state index < -0.39 is 5.97 Å². The molecule has 0 aliphatic carbocycles.